The minimum Gasteiger partial charge on any atom is -0.371 e. The standard InChI is InChI=1S/C13H17Cl2N/c1-2-10-5-6-16(9-10)12-4-3-11(8-14)13(15)7-12/h3-4,7,10H,2,5-6,8-9H2,1H3. The summed E-state index contributed by atoms with van der Waals surface area (Å²) in [6.07, 6.45) is 2.56. The second kappa shape index (κ2) is 5.29. The van der Waals surface area contributed by atoms with Crippen molar-refractivity contribution < 1.29 is 0 Å². The maximum Gasteiger partial charge on any atom is 0.0488 e. The number of hydrogen-bond donors (Lipinski definition) is 0. The molecule has 0 spiro atoms. The maximum atomic E-state index is 6.17. The Morgan fingerprint density at radius 1 is 1.44 bits per heavy atom. The third-order valence-corrected chi connectivity index (χ3v) is 4.05. The van der Waals surface area contributed by atoms with E-state index in [0.717, 1.165) is 29.6 Å². The molecule has 1 atom stereocenters. The fraction of sp³-hybridized carbons (Fsp3) is 0.538. The van der Waals surface area contributed by atoms with E-state index in [9.17, 15) is 0 Å². The molecule has 3 heteroatoms. The zero-order valence-corrected chi connectivity index (χ0v) is 11.1. The van der Waals surface area contributed by atoms with Crippen LogP contribution in [0, 0.1) is 5.92 Å². The molecule has 1 aliphatic heterocycles. The van der Waals surface area contributed by atoms with Crippen LogP contribution in [-0.2, 0) is 5.88 Å². The molecule has 0 saturated carbocycles. The molecule has 2 rings (SSSR count). The minimum atomic E-state index is 0.483. The Balaban J connectivity index is 2.13. The number of benzene rings is 1. The molecule has 16 heavy (non-hydrogen) atoms. The maximum absolute atomic E-state index is 6.17. The average Bonchev–Trinajstić information content (AvgIpc) is 2.77. The lowest BCUT2D eigenvalue weighted by Crippen LogP contribution is -2.19. The van der Waals surface area contributed by atoms with Crippen LogP contribution in [0.25, 0.3) is 0 Å². The molecule has 1 nitrogen and oxygen atoms in total. The quantitative estimate of drug-likeness (QED) is 0.730. The summed E-state index contributed by atoms with van der Waals surface area (Å²) in [5.41, 5.74) is 2.24. The molecule has 1 heterocycles. The predicted octanol–water partition coefficient (Wildman–Crippen LogP) is 4.32. The van der Waals surface area contributed by atoms with E-state index in [-0.39, 0.29) is 0 Å². The molecular formula is C13H17Cl2N. The Bertz CT molecular complexity index is 365. The van der Waals surface area contributed by atoms with Crippen molar-refractivity contribution in [1.82, 2.24) is 0 Å². The Hall–Kier alpha value is -0.400. The first-order valence-corrected chi connectivity index (χ1v) is 6.75. The normalized spacial score (nSPS) is 20.4. The van der Waals surface area contributed by atoms with Crippen molar-refractivity contribution in [3.63, 3.8) is 0 Å². The molecule has 0 bridgehead atoms. The highest BCUT2D eigenvalue weighted by atomic mass is 35.5. The van der Waals surface area contributed by atoms with Gasteiger partial charge in [0.1, 0.15) is 0 Å². The highest BCUT2D eigenvalue weighted by molar-refractivity contribution is 6.32. The van der Waals surface area contributed by atoms with Crippen molar-refractivity contribution in [2.24, 2.45) is 5.92 Å². The van der Waals surface area contributed by atoms with Crippen LogP contribution in [0.15, 0.2) is 18.2 Å². The van der Waals surface area contributed by atoms with Crippen molar-refractivity contribution in [2.45, 2.75) is 25.6 Å². The van der Waals surface area contributed by atoms with E-state index in [0.29, 0.717) is 5.88 Å². The Labute approximate surface area is 107 Å². The third kappa shape index (κ3) is 2.46. The van der Waals surface area contributed by atoms with E-state index >= 15 is 0 Å². The largest absolute Gasteiger partial charge is 0.371 e. The predicted molar refractivity (Wildman–Crippen MR) is 71.6 cm³/mol. The molecule has 0 amide bonds. The molecule has 1 unspecified atom stereocenters. The summed E-state index contributed by atoms with van der Waals surface area (Å²) in [7, 11) is 0. The summed E-state index contributed by atoms with van der Waals surface area (Å²) in [6, 6.07) is 6.20. The molecule has 1 aromatic carbocycles. The van der Waals surface area contributed by atoms with Crippen LogP contribution < -0.4 is 4.90 Å². The average molecular weight is 258 g/mol. The van der Waals surface area contributed by atoms with Crippen LogP contribution >= 0.6 is 23.2 Å². The van der Waals surface area contributed by atoms with Crippen molar-refractivity contribution in [1.29, 1.82) is 0 Å². The lowest BCUT2D eigenvalue weighted by Gasteiger charge is -2.19. The van der Waals surface area contributed by atoms with Gasteiger partial charge in [0.15, 0.2) is 0 Å². The van der Waals surface area contributed by atoms with Crippen LogP contribution in [-0.4, -0.2) is 13.1 Å². The van der Waals surface area contributed by atoms with Crippen LogP contribution in [0.4, 0.5) is 5.69 Å². The zero-order chi connectivity index (χ0) is 11.5. The van der Waals surface area contributed by atoms with Crippen LogP contribution in [0.3, 0.4) is 0 Å². The first-order valence-electron chi connectivity index (χ1n) is 5.84. The van der Waals surface area contributed by atoms with Gasteiger partial charge in [-0.15, -0.1) is 11.6 Å². The number of rotatable bonds is 3. The molecular weight excluding hydrogens is 241 g/mol. The molecule has 1 aromatic rings. The lowest BCUT2D eigenvalue weighted by atomic mass is 10.1. The van der Waals surface area contributed by atoms with Gasteiger partial charge in [-0.3, -0.25) is 0 Å². The molecule has 1 aliphatic rings. The number of anilines is 1. The Morgan fingerprint density at radius 3 is 2.81 bits per heavy atom. The van der Waals surface area contributed by atoms with Gasteiger partial charge >= 0.3 is 0 Å². The van der Waals surface area contributed by atoms with Crippen molar-refractivity contribution in [2.75, 3.05) is 18.0 Å². The van der Waals surface area contributed by atoms with E-state index in [1.165, 1.54) is 18.5 Å². The van der Waals surface area contributed by atoms with Gasteiger partial charge in [0, 0.05) is 29.7 Å². The van der Waals surface area contributed by atoms with Crippen molar-refractivity contribution >= 4 is 28.9 Å². The number of halogens is 2. The van der Waals surface area contributed by atoms with E-state index in [1.54, 1.807) is 0 Å². The third-order valence-electron chi connectivity index (χ3n) is 3.41. The smallest absolute Gasteiger partial charge is 0.0488 e. The van der Waals surface area contributed by atoms with Crippen LogP contribution in [0.1, 0.15) is 25.3 Å². The first-order chi connectivity index (χ1) is 7.74. The van der Waals surface area contributed by atoms with E-state index in [1.807, 2.05) is 12.1 Å². The molecule has 0 aromatic heterocycles. The highest BCUT2D eigenvalue weighted by Crippen LogP contribution is 2.29. The molecule has 0 aliphatic carbocycles. The fourth-order valence-corrected chi connectivity index (χ4v) is 2.78. The summed E-state index contributed by atoms with van der Waals surface area (Å²) in [5.74, 6) is 1.32. The molecule has 1 fully saturated rings. The van der Waals surface area contributed by atoms with Crippen molar-refractivity contribution in [3.05, 3.63) is 28.8 Å². The SMILES string of the molecule is CCC1CCN(c2ccc(CCl)c(Cl)c2)C1. The lowest BCUT2D eigenvalue weighted by molar-refractivity contribution is 0.569. The van der Waals surface area contributed by atoms with Gasteiger partial charge < -0.3 is 4.90 Å². The van der Waals surface area contributed by atoms with Gasteiger partial charge in [0.25, 0.3) is 0 Å². The van der Waals surface area contributed by atoms with E-state index < -0.39 is 0 Å². The molecule has 88 valence electrons. The topological polar surface area (TPSA) is 3.24 Å². The van der Waals surface area contributed by atoms with Gasteiger partial charge in [0.2, 0.25) is 0 Å². The Morgan fingerprint density at radius 2 is 2.25 bits per heavy atom. The summed E-state index contributed by atoms with van der Waals surface area (Å²) >= 11 is 12.0. The second-order valence-electron chi connectivity index (χ2n) is 4.42. The fourth-order valence-electron chi connectivity index (χ4n) is 2.24. The molecule has 1 saturated heterocycles. The van der Waals surface area contributed by atoms with Gasteiger partial charge in [-0.1, -0.05) is 31.0 Å². The van der Waals surface area contributed by atoms with Gasteiger partial charge in [-0.05, 0) is 30.0 Å². The summed E-state index contributed by atoms with van der Waals surface area (Å²) in [4.78, 5) is 2.41. The molecule has 0 radical (unpaired) electrons. The number of nitrogens with zero attached hydrogens (tertiary/aromatic N) is 1. The zero-order valence-electron chi connectivity index (χ0n) is 9.55. The van der Waals surface area contributed by atoms with Gasteiger partial charge in [-0.2, -0.15) is 0 Å². The number of hydrogen-bond acceptors (Lipinski definition) is 1. The van der Waals surface area contributed by atoms with E-state index in [4.69, 9.17) is 23.2 Å². The minimum absolute atomic E-state index is 0.483. The van der Waals surface area contributed by atoms with Crippen molar-refractivity contribution in [3.8, 4) is 0 Å². The Kier molecular flexibility index (Phi) is 3.99. The number of alkyl halides is 1. The molecule has 0 N–H and O–H groups in total. The van der Waals surface area contributed by atoms with Crippen LogP contribution in [0.2, 0.25) is 5.02 Å². The van der Waals surface area contributed by atoms with Gasteiger partial charge in [-0.25, -0.2) is 0 Å². The van der Waals surface area contributed by atoms with Gasteiger partial charge in [0.05, 0.1) is 0 Å². The monoisotopic (exact) mass is 257 g/mol. The second-order valence-corrected chi connectivity index (χ2v) is 5.09. The van der Waals surface area contributed by atoms with E-state index in [2.05, 4.69) is 17.9 Å². The summed E-state index contributed by atoms with van der Waals surface area (Å²) in [6.45, 7) is 4.57. The highest BCUT2D eigenvalue weighted by Gasteiger charge is 2.21. The summed E-state index contributed by atoms with van der Waals surface area (Å²) < 4.78 is 0. The van der Waals surface area contributed by atoms with Crippen LogP contribution in [0.5, 0.6) is 0 Å². The summed E-state index contributed by atoms with van der Waals surface area (Å²) in [5, 5.41) is 0.785. The first kappa shape index (κ1) is 12.1.